The fourth-order valence-electron chi connectivity index (χ4n) is 3.46. The fourth-order valence-corrected chi connectivity index (χ4v) is 3.58. The number of nitrogens with zero attached hydrogens (tertiary/aromatic N) is 3. The standard InChI is InChI=1S/C22H23ClN4O2/c23-19-6-8-21(9-7-19)29-15-14-25-10-12-26(13-11-25)22(28)18-16-24-27(17-18)20-4-2-1-3-5-20/h1-9,16-17H,10-15H2/p+1. The number of rotatable bonds is 6. The Bertz CT molecular complexity index is 935. The number of aromatic nitrogens is 2. The number of hydrogen-bond donors (Lipinski definition) is 1. The second-order valence-corrected chi connectivity index (χ2v) is 7.54. The maximum atomic E-state index is 12.8. The summed E-state index contributed by atoms with van der Waals surface area (Å²) < 4.78 is 7.52. The maximum Gasteiger partial charge on any atom is 0.257 e. The molecule has 2 aromatic carbocycles. The highest BCUT2D eigenvalue weighted by Crippen LogP contribution is 2.15. The molecule has 1 aliphatic rings. The summed E-state index contributed by atoms with van der Waals surface area (Å²) in [5, 5.41) is 5.04. The summed E-state index contributed by atoms with van der Waals surface area (Å²) in [6.07, 6.45) is 3.45. The molecule has 3 aromatic rings. The van der Waals surface area contributed by atoms with Gasteiger partial charge >= 0.3 is 0 Å². The van der Waals surface area contributed by atoms with Crippen LogP contribution in [-0.4, -0.2) is 59.9 Å². The van der Waals surface area contributed by atoms with E-state index in [1.165, 1.54) is 4.90 Å². The van der Waals surface area contributed by atoms with Gasteiger partial charge in [-0.2, -0.15) is 5.10 Å². The number of para-hydroxylation sites is 1. The lowest BCUT2D eigenvalue weighted by Crippen LogP contribution is -3.15. The minimum Gasteiger partial charge on any atom is -0.488 e. The van der Waals surface area contributed by atoms with Crippen molar-refractivity contribution in [3.8, 4) is 11.4 Å². The molecule has 1 saturated heterocycles. The molecule has 6 nitrogen and oxygen atoms in total. The van der Waals surface area contributed by atoms with Crippen molar-refractivity contribution in [2.45, 2.75) is 0 Å². The van der Waals surface area contributed by atoms with E-state index in [2.05, 4.69) is 5.10 Å². The number of carbonyl (C=O) groups is 1. The Morgan fingerprint density at radius 2 is 1.79 bits per heavy atom. The Balaban J connectivity index is 1.24. The molecule has 4 rings (SSSR count). The van der Waals surface area contributed by atoms with Crippen molar-refractivity contribution < 1.29 is 14.4 Å². The third-order valence-corrected chi connectivity index (χ3v) is 5.40. The summed E-state index contributed by atoms with van der Waals surface area (Å²) in [7, 11) is 0. The molecule has 0 unspecified atom stereocenters. The Hall–Kier alpha value is -2.83. The first-order valence-electron chi connectivity index (χ1n) is 9.80. The molecular formula is C22H24ClN4O2+. The first-order chi connectivity index (χ1) is 14.2. The van der Waals surface area contributed by atoms with Gasteiger partial charge in [0.15, 0.2) is 0 Å². The van der Waals surface area contributed by atoms with Crippen LogP contribution < -0.4 is 9.64 Å². The van der Waals surface area contributed by atoms with Gasteiger partial charge in [-0.05, 0) is 36.4 Å². The molecular weight excluding hydrogens is 388 g/mol. The number of carbonyl (C=O) groups excluding carboxylic acids is 1. The van der Waals surface area contributed by atoms with Gasteiger partial charge in [0.2, 0.25) is 0 Å². The third-order valence-electron chi connectivity index (χ3n) is 5.15. The number of quaternary nitrogens is 1. The molecule has 150 valence electrons. The van der Waals surface area contributed by atoms with Crippen LogP contribution in [-0.2, 0) is 0 Å². The van der Waals surface area contributed by atoms with E-state index < -0.39 is 0 Å². The van der Waals surface area contributed by atoms with Gasteiger partial charge in [-0.1, -0.05) is 29.8 Å². The Labute approximate surface area is 175 Å². The molecule has 1 amide bonds. The van der Waals surface area contributed by atoms with Gasteiger partial charge in [-0.15, -0.1) is 0 Å². The minimum absolute atomic E-state index is 0.0450. The van der Waals surface area contributed by atoms with Crippen molar-refractivity contribution in [1.82, 2.24) is 14.7 Å². The lowest BCUT2D eigenvalue weighted by atomic mass is 10.2. The van der Waals surface area contributed by atoms with E-state index in [9.17, 15) is 4.79 Å². The highest BCUT2D eigenvalue weighted by molar-refractivity contribution is 6.30. The van der Waals surface area contributed by atoms with Crippen LogP contribution in [0.15, 0.2) is 67.0 Å². The largest absolute Gasteiger partial charge is 0.488 e. The molecule has 2 heterocycles. The van der Waals surface area contributed by atoms with Gasteiger partial charge in [-0.25, -0.2) is 4.68 Å². The average Bonchev–Trinajstić information content (AvgIpc) is 3.26. The van der Waals surface area contributed by atoms with Crippen molar-refractivity contribution in [1.29, 1.82) is 0 Å². The van der Waals surface area contributed by atoms with Crippen molar-refractivity contribution in [3.63, 3.8) is 0 Å². The SMILES string of the molecule is O=C(c1cnn(-c2ccccc2)c1)N1CC[NH+](CCOc2ccc(Cl)cc2)CC1. The van der Waals surface area contributed by atoms with Crippen LogP contribution in [0.3, 0.4) is 0 Å². The number of piperazine rings is 1. The number of benzene rings is 2. The zero-order chi connectivity index (χ0) is 20.1. The number of ether oxygens (including phenoxy) is 1. The molecule has 0 saturated carbocycles. The Morgan fingerprint density at radius 3 is 2.52 bits per heavy atom. The van der Waals surface area contributed by atoms with Gasteiger partial charge in [0.05, 0.1) is 43.6 Å². The Kier molecular flexibility index (Phi) is 6.12. The Morgan fingerprint density at radius 1 is 1.07 bits per heavy atom. The summed E-state index contributed by atoms with van der Waals surface area (Å²) >= 11 is 5.89. The van der Waals surface area contributed by atoms with E-state index in [-0.39, 0.29) is 5.91 Å². The topological polar surface area (TPSA) is 51.8 Å². The van der Waals surface area contributed by atoms with Gasteiger partial charge in [0, 0.05) is 11.2 Å². The van der Waals surface area contributed by atoms with Crippen molar-refractivity contribution in [3.05, 3.63) is 77.6 Å². The van der Waals surface area contributed by atoms with E-state index in [1.54, 1.807) is 17.1 Å². The van der Waals surface area contributed by atoms with Gasteiger partial charge in [-0.3, -0.25) is 4.79 Å². The summed E-state index contributed by atoms with van der Waals surface area (Å²) in [5.74, 6) is 0.877. The molecule has 0 radical (unpaired) electrons. The molecule has 1 N–H and O–H groups in total. The highest BCUT2D eigenvalue weighted by Gasteiger charge is 2.25. The molecule has 1 aromatic heterocycles. The molecule has 1 aliphatic heterocycles. The lowest BCUT2D eigenvalue weighted by Gasteiger charge is -2.32. The quantitative estimate of drug-likeness (QED) is 0.674. The van der Waals surface area contributed by atoms with Crippen LogP contribution >= 0.6 is 11.6 Å². The summed E-state index contributed by atoms with van der Waals surface area (Å²) in [4.78, 5) is 16.2. The molecule has 29 heavy (non-hydrogen) atoms. The summed E-state index contributed by atoms with van der Waals surface area (Å²) in [5.41, 5.74) is 1.57. The summed E-state index contributed by atoms with van der Waals surface area (Å²) in [6, 6.07) is 17.2. The van der Waals surface area contributed by atoms with Gasteiger partial charge in [0.25, 0.3) is 5.91 Å². The number of hydrogen-bond acceptors (Lipinski definition) is 3. The molecule has 0 atom stereocenters. The zero-order valence-electron chi connectivity index (χ0n) is 16.1. The number of amides is 1. The van der Waals surface area contributed by atoms with E-state index >= 15 is 0 Å². The van der Waals surface area contributed by atoms with Crippen molar-refractivity contribution in [2.75, 3.05) is 39.3 Å². The van der Waals surface area contributed by atoms with E-state index in [4.69, 9.17) is 16.3 Å². The first-order valence-corrected chi connectivity index (χ1v) is 10.2. The van der Waals surface area contributed by atoms with Crippen LogP contribution in [0.2, 0.25) is 5.02 Å². The van der Waals surface area contributed by atoms with Crippen molar-refractivity contribution in [2.24, 2.45) is 0 Å². The van der Waals surface area contributed by atoms with Crippen LogP contribution in [0.25, 0.3) is 5.69 Å². The monoisotopic (exact) mass is 411 g/mol. The van der Waals surface area contributed by atoms with Crippen molar-refractivity contribution >= 4 is 17.5 Å². The second kappa shape index (κ2) is 9.11. The minimum atomic E-state index is 0.0450. The molecule has 0 aliphatic carbocycles. The molecule has 1 fully saturated rings. The molecule has 0 bridgehead atoms. The average molecular weight is 412 g/mol. The third kappa shape index (κ3) is 4.96. The summed E-state index contributed by atoms with van der Waals surface area (Å²) in [6.45, 7) is 4.88. The molecule has 7 heteroatoms. The van der Waals surface area contributed by atoms with Crippen LogP contribution in [0, 0.1) is 0 Å². The zero-order valence-corrected chi connectivity index (χ0v) is 16.9. The fraction of sp³-hybridized carbons (Fsp3) is 0.273. The predicted molar refractivity (Wildman–Crippen MR) is 112 cm³/mol. The molecule has 0 spiro atoms. The smallest absolute Gasteiger partial charge is 0.257 e. The second-order valence-electron chi connectivity index (χ2n) is 7.10. The van der Waals surface area contributed by atoms with E-state index in [0.717, 1.165) is 44.2 Å². The predicted octanol–water partition coefficient (Wildman–Crippen LogP) is 1.95. The number of nitrogens with one attached hydrogen (secondary N) is 1. The highest BCUT2D eigenvalue weighted by atomic mass is 35.5. The number of halogens is 1. The maximum absolute atomic E-state index is 12.8. The van der Waals surface area contributed by atoms with E-state index in [1.807, 2.05) is 59.5 Å². The first kappa shape index (κ1) is 19.5. The van der Waals surface area contributed by atoms with Crippen LogP contribution in [0.1, 0.15) is 10.4 Å². The van der Waals surface area contributed by atoms with Gasteiger partial charge in [0.1, 0.15) is 18.9 Å². The van der Waals surface area contributed by atoms with Crippen LogP contribution in [0.5, 0.6) is 5.75 Å². The lowest BCUT2D eigenvalue weighted by molar-refractivity contribution is -0.903. The van der Waals surface area contributed by atoms with E-state index in [0.29, 0.717) is 17.2 Å². The normalized spacial score (nSPS) is 14.7. The van der Waals surface area contributed by atoms with Crippen LogP contribution in [0.4, 0.5) is 0 Å². The van der Waals surface area contributed by atoms with Gasteiger partial charge < -0.3 is 14.5 Å².